The Kier molecular flexibility index (Phi) is 3.67. The van der Waals surface area contributed by atoms with Crippen molar-refractivity contribution in [3.63, 3.8) is 0 Å². The zero-order valence-corrected chi connectivity index (χ0v) is 13.2. The quantitative estimate of drug-likeness (QED) is 0.516. The standard InChI is InChI=1S/C20H15N3O2/c24-19-17(10-13-6-2-1-3-7-13)22-20(25)18(23-19)11-14-12-21-16-9-5-4-8-15(14)16/h1-12,21H,(H,22,25)(H,23,24)/b17-10-,18-11-. The fourth-order valence-corrected chi connectivity index (χ4v) is 2.78. The van der Waals surface area contributed by atoms with Gasteiger partial charge in [0.2, 0.25) is 0 Å². The molecule has 0 aliphatic heterocycles. The lowest BCUT2D eigenvalue weighted by Gasteiger charge is -1.94. The van der Waals surface area contributed by atoms with E-state index in [0.717, 1.165) is 22.0 Å². The highest BCUT2D eigenvalue weighted by Gasteiger charge is 2.01. The Balaban J connectivity index is 1.88. The van der Waals surface area contributed by atoms with E-state index in [2.05, 4.69) is 15.0 Å². The minimum absolute atomic E-state index is 0.222. The van der Waals surface area contributed by atoms with Gasteiger partial charge < -0.3 is 15.0 Å². The molecule has 0 spiro atoms. The van der Waals surface area contributed by atoms with Gasteiger partial charge in [-0.2, -0.15) is 0 Å². The van der Waals surface area contributed by atoms with Crippen LogP contribution in [-0.2, 0) is 0 Å². The summed E-state index contributed by atoms with van der Waals surface area (Å²) in [5.74, 6) is 0. The second-order valence-corrected chi connectivity index (χ2v) is 5.72. The first-order valence-electron chi connectivity index (χ1n) is 7.88. The third kappa shape index (κ3) is 2.95. The number of rotatable bonds is 2. The zero-order chi connectivity index (χ0) is 17.2. The highest BCUT2D eigenvalue weighted by atomic mass is 16.1. The predicted molar refractivity (Wildman–Crippen MR) is 98.8 cm³/mol. The molecule has 0 fully saturated rings. The molecule has 25 heavy (non-hydrogen) atoms. The van der Waals surface area contributed by atoms with Crippen LogP contribution in [0, 0.1) is 0 Å². The van der Waals surface area contributed by atoms with Crippen molar-refractivity contribution in [1.82, 2.24) is 15.0 Å². The molecule has 0 amide bonds. The van der Waals surface area contributed by atoms with Crippen molar-refractivity contribution in [3.8, 4) is 0 Å². The van der Waals surface area contributed by atoms with E-state index >= 15 is 0 Å². The van der Waals surface area contributed by atoms with Crippen molar-refractivity contribution in [2.24, 2.45) is 0 Å². The van der Waals surface area contributed by atoms with Gasteiger partial charge in [0.05, 0.1) is 0 Å². The normalized spacial score (nSPS) is 12.8. The SMILES string of the molecule is O=c1[nH]/c(=C\c2c[nH]c3ccccc23)c(=O)[nH]/c1=C\c1ccccc1. The van der Waals surface area contributed by atoms with Crippen LogP contribution in [0.1, 0.15) is 11.1 Å². The monoisotopic (exact) mass is 329 g/mol. The van der Waals surface area contributed by atoms with E-state index in [1.165, 1.54) is 0 Å². The number of hydrogen-bond acceptors (Lipinski definition) is 2. The first kappa shape index (κ1) is 15.0. The van der Waals surface area contributed by atoms with Crippen LogP contribution in [0.15, 0.2) is 70.4 Å². The van der Waals surface area contributed by atoms with Crippen molar-refractivity contribution in [1.29, 1.82) is 0 Å². The van der Waals surface area contributed by atoms with E-state index in [1.807, 2.05) is 60.8 Å². The first-order valence-corrected chi connectivity index (χ1v) is 7.88. The lowest BCUT2D eigenvalue weighted by atomic mass is 10.1. The average molecular weight is 329 g/mol. The molecule has 0 saturated carbocycles. The fourth-order valence-electron chi connectivity index (χ4n) is 2.78. The summed E-state index contributed by atoms with van der Waals surface area (Å²) in [5.41, 5.74) is 1.98. The van der Waals surface area contributed by atoms with Crippen molar-refractivity contribution in [2.75, 3.05) is 0 Å². The Morgan fingerprint density at radius 1 is 0.720 bits per heavy atom. The van der Waals surface area contributed by atoms with E-state index in [9.17, 15) is 9.59 Å². The molecule has 0 atom stereocenters. The molecule has 5 nitrogen and oxygen atoms in total. The fraction of sp³-hybridized carbons (Fsp3) is 0. The van der Waals surface area contributed by atoms with Crippen LogP contribution in [-0.4, -0.2) is 15.0 Å². The van der Waals surface area contributed by atoms with Crippen LogP contribution in [0.4, 0.5) is 0 Å². The van der Waals surface area contributed by atoms with E-state index in [-0.39, 0.29) is 21.8 Å². The number of fused-ring (bicyclic) bond motifs is 1. The van der Waals surface area contributed by atoms with Gasteiger partial charge in [0.25, 0.3) is 11.1 Å². The third-order valence-electron chi connectivity index (χ3n) is 4.02. The molecule has 0 radical (unpaired) electrons. The Labute approximate surface area is 142 Å². The van der Waals surface area contributed by atoms with Gasteiger partial charge in [0, 0.05) is 22.7 Å². The van der Waals surface area contributed by atoms with Gasteiger partial charge in [0.15, 0.2) is 0 Å². The summed E-state index contributed by atoms with van der Waals surface area (Å²) >= 11 is 0. The summed E-state index contributed by atoms with van der Waals surface area (Å²) in [6.07, 6.45) is 5.13. The maximum Gasteiger partial charge on any atom is 0.272 e. The number of nitrogens with one attached hydrogen (secondary N) is 3. The smallest absolute Gasteiger partial charge is 0.272 e. The maximum absolute atomic E-state index is 12.4. The van der Waals surface area contributed by atoms with Crippen LogP contribution in [0.5, 0.6) is 0 Å². The molecular formula is C20H15N3O2. The van der Waals surface area contributed by atoms with Crippen molar-refractivity contribution >= 4 is 23.1 Å². The van der Waals surface area contributed by atoms with Gasteiger partial charge >= 0.3 is 0 Å². The van der Waals surface area contributed by atoms with Gasteiger partial charge in [-0.1, -0.05) is 48.5 Å². The Morgan fingerprint density at radius 2 is 1.36 bits per heavy atom. The second kappa shape index (κ2) is 6.13. The second-order valence-electron chi connectivity index (χ2n) is 5.72. The number of H-pyrrole nitrogens is 3. The van der Waals surface area contributed by atoms with Crippen molar-refractivity contribution < 1.29 is 0 Å². The largest absolute Gasteiger partial charge is 0.361 e. The number of benzene rings is 2. The van der Waals surface area contributed by atoms with Crippen LogP contribution >= 0.6 is 0 Å². The highest BCUT2D eigenvalue weighted by Crippen LogP contribution is 2.17. The molecule has 0 aliphatic carbocycles. The average Bonchev–Trinajstić information content (AvgIpc) is 3.03. The summed E-state index contributed by atoms with van der Waals surface area (Å²) in [7, 11) is 0. The Hall–Kier alpha value is -3.60. The summed E-state index contributed by atoms with van der Waals surface area (Å²) in [6, 6.07) is 17.1. The molecule has 0 unspecified atom stereocenters. The lowest BCUT2D eigenvalue weighted by molar-refractivity contribution is 1.00. The molecule has 5 heteroatoms. The van der Waals surface area contributed by atoms with Crippen molar-refractivity contribution in [3.05, 3.63) is 103 Å². The molecule has 0 aliphatic rings. The van der Waals surface area contributed by atoms with E-state index in [0.29, 0.717) is 0 Å². The lowest BCUT2D eigenvalue weighted by Crippen LogP contribution is -2.46. The molecule has 2 aromatic heterocycles. The molecule has 0 saturated heterocycles. The molecular weight excluding hydrogens is 314 g/mol. The van der Waals surface area contributed by atoms with E-state index in [4.69, 9.17) is 0 Å². The van der Waals surface area contributed by atoms with Gasteiger partial charge in [-0.25, -0.2) is 0 Å². The van der Waals surface area contributed by atoms with Crippen molar-refractivity contribution in [2.45, 2.75) is 0 Å². The summed E-state index contributed by atoms with van der Waals surface area (Å²) in [5, 5.41) is 1.44. The Morgan fingerprint density at radius 3 is 2.12 bits per heavy atom. The predicted octanol–water partition coefficient (Wildman–Crippen LogP) is 1.20. The summed E-state index contributed by atoms with van der Waals surface area (Å²) in [6.45, 7) is 0. The number of hydrogen-bond donors (Lipinski definition) is 3. The molecule has 4 aromatic rings. The van der Waals surface area contributed by atoms with Crippen LogP contribution < -0.4 is 21.8 Å². The van der Waals surface area contributed by atoms with E-state index < -0.39 is 0 Å². The van der Waals surface area contributed by atoms with Gasteiger partial charge in [-0.15, -0.1) is 0 Å². The van der Waals surface area contributed by atoms with Crippen LogP contribution in [0.3, 0.4) is 0 Å². The molecule has 2 heterocycles. The number of aromatic amines is 3. The van der Waals surface area contributed by atoms with Gasteiger partial charge in [0.1, 0.15) is 10.7 Å². The molecule has 122 valence electrons. The van der Waals surface area contributed by atoms with Gasteiger partial charge in [-0.05, 0) is 23.8 Å². The minimum atomic E-state index is -0.341. The minimum Gasteiger partial charge on any atom is -0.361 e. The topological polar surface area (TPSA) is 81.5 Å². The summed E-state index contributed by atoms with van der Waals surface area (Å²) < 4.78 is 0. The maximum atomic E-state index is 12.4. The van der Waals surface area contributed by atoms with Crippen LogP contribution in [0.25, 0.3) is 23.1 Å². The first-order chi connectivity index (χ1) is 12.2. The van der Waals surface area contributed by atoms with Gasteiger partial charge in [-0.3, -0.25) is 9.59 Å². The molecule has 3 N–H and O–H groups in total. The molecule has 2 aromatic carbocycles. The third-order valence-corrected chi connectivity index (χ3v) is 4.02. The Bertz CT molecular complexity index is 1280. The zero-order valence-electron chi connectivity index (χ0n) is 13.2. The van der Waals surface area contributed by atoms with Crippen LogP contribution in [0.2, 0.25) is 0 Å². The molecule has 0 bridgehead atoms. The number of aromatic nitrogens is 3. The van der Waals surface area contributed by atoms with E-state index in [1.54, 1.807) is 12.2 Å². The number of para-hydroxylation sites is 1. The summed E-state index contributed by atoms with van der Waals surface area (Å²) in [4.78, 5) is 33.1. The highest BCUT2D eigenvalue weighted by molar-refractivity contribution is 5.88. The molecule has 4 rings (SSSR count).